The van der Waals surface area contributed by atoms with Crippen LogP contribution in [0, 0.1) is 0 Å². The summed E-state index contributed by atoms with van der Waals surface area (Å²) in [5, 5.41) is 0. The summed E-state index contributed by atoms with van der Waals surface area (Å²) < 4.78 is 35.0. The first-order valence-electron chi connectivity index (χ1n) is 8.30. The van der Waals surface area contributed by atoms with E-state index in [-0.39, 0.29) is 16.9 Å². The minimum absolute atomic E-state index is 0.0569. The summed E-state index contributed by atoms with van der Waals surface area (Å²) in [7, 11) is -2.39. The topological polar surface area (TPSA) is 93.7 Å². The number of carbonyl (C=O) groups excluding carboxylic acids is 1. The van der Waals surface area contributed by atoms with E-state index >= 15 is 0 Å². The molecule has 0 radical (unpaired) electrons. The van der Waals surface area contributed by atoms with Crippen LogP contribution >= 0.6 is 0 Å². The number of nitrogens with one attached hydrogen (secondary N) is 2. The Hall–Kier alpha value is -2.58. The Kier molecular flexibility index (Phi) is 6.45. The predicted octanol–water partition coefficient (Wildman–Crippen LogP) is 2.38. The van der Waals surface area contributed by atoms with Gasteiger partial charge in [-0.15, -0.1) is 4.83 Å². The number of amides is 1. The lowest BCUT2D eigenvalue weighted by molar-refractivity contribution is -0.123. The number of sulfonamides is 1. The fourth-order valence-corrected chi connectivity index (χ4v) is 3.09. The third-order valence-corrected chi connectivity index (χ3v) is 5.05. The van der Waals surface area contributed by atoms with E-state index in [1.165, 1.54) is 19.2 Å². The molecule has 27 heavy (non-hydrogen) atoms. The Balaban J connectivity index is 1.93. The molecule has 0 aliphatic rings. The van der Waals surface area contributed by atoms with E-state index in [2.05, 4.69) is 10.3 Å². The van der Waals surface area contributed by atoms with E-state index in [1.54, 1.807) is 36.4 Å². The van der Waals surface area contributed by atoms with Gasteiger partial charge in [0.15, 0.2) is 18.1 Å². The van der Waals surface area contributed by atoms with Crippen LogP contribution in [0.15, 0.2) is 53.4 Å². The van der Waals surface area contributed by atoms with E-state index in [1.807, 2.05) is 20.8 Å². The van der Waals surface area contributed by atoms with Gasteiger partial charge in [-0.2, -0.15) is 0 Å². The Morgan fingerprint density at radius 2 is 1.59 bits per heavy atom. The molecule has 0 aliphatic carbocycles. The third kappa shape index (κ3) is 5.70. The van der Waals surface area contributed by atoms with Crippen LogP contribution in [0.25, 0.3) is 0 Å². The zero-order valence-electron chi connectivity index (χ0n) is 15.8. The maximum Gasteiger partial charge on any atom is 0.272 e. The predicted molar refractivity (Wildman–Crippen MR) is 102 cm³/mol. The number of hydrazine groups is 1. The fraction of sp³-hybridized carbons (Fsp3) is 0.316. The molecule has 0 atom stereocenters. The molecule has 0 aromatic heterocycles. The zero-order chi connectivity index (χ0) is 20.1. The van der Waals surface area contributed by atoms with Crippen molar-refractivity contribution in [2.45, 2.75) is 31.1 Å². The van der Waals surface area contributed by atoms with Gasteiger partial charge in [0, 0.05) is 0 Å². The Bertz CT molecular complexity index is 887. The van der Waals surface area contributed by atoms with Gasteiger partial charge in [-0.3, -0.25) is 10.2 Å². The molecule has 7 nitrogen and oxygen atoms in total. The highest BCUT2D eigenvalue weighted by atomic mass is 32.2. The first-order valence-corrected chi connectivity index (χ1v) is 9.79. The largest absolute Gasteiger partial charge is 0.493 e. The molecule has 0 spiro atoms. The molecule has 2 aromatic carbocycles. The smallest absolute Gasteiger partial charge is 0.272 e. The van der Waals surface area contributed by atoms with Crippen molar-refractivity contribution in [1.82, 2.24) is 10.3 Å². The molecule has 0 bridgehead atoms. The lowest BCUT2D eigenvalue weighted by Gasteiger charge is -2.19. The Morgan fingerprint density at radius 3 is 2.15 bits per heavy atom. The molecule has 0 unspecified atom stereocenters. The van der Waals surface area contributed by atoms with Gasteiger partial charge in [0.05, 0.1) is 12.0 Å². The highest BCUT2D eigenvalue weighted by molar-refractivity contribution is 7.89. The van der Waals surface area contributed by atoms with Crippen molar-refractivity contribution in [3.05, 3.63) is 54.1 Å². The van der Waals surface area contributed by atoms with Gasteiger partial charge in [0.2, 0.25) is 0 Å². The first-order chi connectivity index (χ1) is 12.6. The Morgan fingerprint density at radius 1 is 1.00 bits per heavy atom. The fourth-order valence-electron chi connectivity index (χ4n) is 2.23. The van der Waals surface area contributed by atoms with Crippen molar-refractivity contribution in [3.8, 4) is 11.5 Å². The summed E-state index contributed by atoms with van der Waals surface area (Å²) in [4.78, 5) is 14.0. The van der Waals surface area contributed by atoms with Gasteiger partial charge in [0.25, 0.3) is 15.9 Å². The molecule has 146 valence electrons. The summed E-state index contributed by atoms with van der Waals surface area (Å²) in [5.41, 5.74) is 3.06. The normalized spacial score (nSPS) is 11.7. The first kappa shape index (κ1) is 20.7. The molecule has 2 N–H and O–H groups in total. The number of rotatable bonds is 7. The summed E-state index contributed by atoms with van der Waals surface area (Å²) >= 11 is 0. The monoisotopic (exact) mass is 392 g/mol. The average molecular weight is 392 g/mol. The minimum Gasteiger partial charge on any atom is -0.493 e. The third-order valence-electron chi connectivity index (χ3n) is 3.78. The van der Waals surface area contributed by atoms with E-state index in [0.29, 0.717) is 11.5 Å². The standard InChI is InChI=1S/C19H24N2O5S/c1-19(2,3)14-9-11-15(12-10-14)27(23,24)21-20-18(22)13-26-17-8-6-5-7-16(17)25-4/h5-12,21H,13H2,1-4H3,(H,20,22). The van der Waals surface area contributed by atoms with Gasteiger partial charge < -0.3 is 9.47 Å². The van der Waals surface area contributed by atoms with E-state index < -0.39 is 15.9 Å². The van der Waals surface area contributed by atoms with Crippen LogP contribution in [0.1, 0.15) is 26.3 Å². The van der Waals surface area contributed by atoms with Crippen molar-refractivity contribution >= 4 is 15.9 Å². The number of para-hydroxylation sites is 2. The number of hydrogen-bond acceptors (Lipinski definition) is 5. The van der Waals surface area contributed by atoms with Crippen LogP contribution in [0.2, 0.25) is 0 Å². The minimum atomic E-state index is -3.88. The van der Waals surface area contributed by atoms with E-state index in [0.717, 1.165) is 5.56 Å². The van der Waals surface area contributed by atoms with Crippen molar-refractivity contribution in [2.75, 3.05) is 13.7 Å². The number of methoxy groups -OCH3 is 1. The SMILES string of the molecule is COc1ccccc1OCC(=O)NNS(=O)(=O)c1ccc(C(C)(C)C)cc1. The molecule has 8 heteroatoms. The highest BCUT2D eigenvalue weighted by Crippen LogP contribution is 2.25. The molecule has 1 amide bonds. The summed E-state index contributed by atoms with van der Waals surface area (Å²) in [6.45, 7) is 5.75. The van der Waals surface area contributed by atoms with Crippen molar-refractivity contribution in [3.63, 3.8) is 0 Å². The van der Waals surface area contributed by atoms with Gasteiger partial charge in [0.1, 0.15) is 0 Å². The van der Waals surface area contributed by atoms with Gasteiger partial charge in [-0.05, 0) is 35.2 Å². The molecule has 0 saturated heterocycles. The van der Waals surface area contributed by atoms with Crippen LogP contribution in [-0.4, -0.2) is 28.0 Å². The summed E-state index contributed by atoms with van der Waals surface area (Å²) in [5.74, 6) is 0.219. The van der Waals surface area contributed by atoms with Crippen molar-refractivity contribution in [2.24, 2.45) is 0 Å². The van der Waals surface area contributed by atoms with Crippen LogP contribution in [-0.2, 0) is 20.2 Å². The highest BCUT2D eigenvalue weighted by Gasteiger charge is 2.18. The number of carbonyl (C=O) groups is 1. The quantitative estimate of drug-likeness (QED) is 0.706. The summed E-state index contributed by atoms with van der Waals surface area (Å²) in [6.07, 6.45) is 0. The van der Waals surface area contributed by atoms with Gasteiger partial charge in [-0.25, -0.2) is 8.42 Å². The molecule has 0 aliphatic heterocycles. The van der Waals surface area contributed by atoms with E-state index in [4.69, 9.17) is 9.47 Å². The molecule has 0 heterocycles. The van der Waals surface area contributed by atoms with Crippen LogP contribution in [0.3, 0.4) is 0 Å². The van der Waals surface area contributed by atoms with E-state index in [9.17, 15) is 13.2 Å². The van der Waals surface area contributed by atoms with Gasteiger partial charge in [-0.1, -0.05) is 45.0 Å². The molecule has 2 rings (SSSR count). The van der Waals surface area contributed by atoms with Crippen LogP contribution in [0.5, 0.6) is 11.5 Å². The second-order valence-corrected chi connectivity index (χ2v) is 8.55. The molecular weight excluding hydrogens is 368 g/mol. The van der Waals surface area contributed by atoms with Gasteiger partial charge >= 0.3 is 0 Å². The maximum atomic E-state index is 12.3. The van der Waals surface area contributed by atoms with Crippen LogP contribution < -0.4 is 19.7 Å². The average Bonchev–Trinajstić information content (AvgIpc) is 2.64. The zero-order valence-corrected chi connectivity index (χ0v) is 16.6. The second kappa shape index (κ2) is 8.41. The number of hydrogen-bond donors (Lipinski definition) is 2. The molecule has 2 aromatic rings. The van der Waals surface area contributed by atoms with Crippen LogP contribution in [0.4, 0.5) is 0 Å². The summed E-state index contributed by atoms with van der Waals surface area (Å²) in [6, 6.07) is 13.3. The van der Waals surface area contributed by atoms with Crippen molar-refractivity contribution < 1.29 is 22.7 Å². The Labute approximate surface area is 159 Å². The molecule has 0 saturated carbocycles. The lowest BCUT2D eigenvalue weighted by atomic mass is 9.87. The molecule has 0 fully saturated rings. The number of ether oxygens (including phenoxy) is 2. The van der Waals surface area contributed by atoms with Crippen molar-refractivity contribution in [1.29, 1.82) is 0 Å². The second-order valence-electron chi connectivity index (χ2n) is 6.87. The lowest BCUT2D eigenvalue weighted by Crippen LogP contribution is -2.43. The molecular formula is C19H24N2O5S. The number of benzene rings is 2. The maximum absolute atomic E-state index is 12.3.